The molecule has 62 valence electrons. The number of hydrogen-bond donors (Lipinski definition) is 1. The molecular weight excluding hydrogens is 134 g/mol. The summed E-state index contributed by atoms with van der Waals surface area (Å²) < 4.78 is 0. The second-order valence-electron chi connectivity index (χ2n) is 3.54. The van der Waals surface area contributed by atoms with Crippen LogP contribution in [0, 0.1) is 18.3 Å². The maximum atomic E-state index is 5.89. The first-order valence-corrected chi connectivity index (χ1v) is 4.52. The van der Waals surface area contributed by atoms with Crippen LogP contribution in [0.3, 0.4) is 0 Å². The minimum absolute atomic E-state index is 0.413. The third-order valence-electron chi connectivity index (χ3n) is 2.23. The zero-order valence-electron chi connectivity index (χ0n) is 7.05. The highest BCUT2D eigenvalue weighted by atomic mass is 14.6. The van der Waals surface area contributed by atoms with Gasteiger partial charge in [-0.1, -0.05) is 12.8 Å². The van der Waals surface area contributed by atoms with Crippen molar-refractivity contribution in [1.82, 2.24) is 0 Å². The summed E-state index contributed by atoms with van der Waals surface area (Å²) in [5, 5.41) is 0. The van der Waals surface area contributed by atoms with Crippen LogP contribution in [-0.4, -0.2) is 6.04 Å². The van der Waals surface area contributed by atoms with Crippen LogP contribution in [0.1, 0.15) is 38.5 Å². The molecule has 0 aromatic rings. The molecule has 1 unspecified atom stereocenters. The van der Waals surface area contributed by atoms with Crippen LogP contribution in [0.15, 0.2) is 0 Å². The van der Waals surface area contributed by atoms with Crippen molar-refractivity contribution >= 4 is 0 Å². The Kier molecular flexibility index (Phi) is 3.45. The molecule has 0 bridgehead atoms. The van der Waals surface area contributed by atoms with E-state index in [0.29, 0.717) is 6.04 Å². The first kappa shape index (κ1) is 8.62. The first-order chi connectivity index (χ1) is 5.33. The second kappa shape index (κ2) is 4.41. The van der Waals surface area contributed by atoms with Gasteiger partial charge in [0.1, 0.15) is 0 Å². The molecule has 0 amide bonds. The lowest BCUT2D eigenvalue weighted by Crippen LogP contribution is -2.20. The number of unbranched alkanes of at least 4 members (excludes halogenated alkanes) is 1. The molecule has 1 rings (SSSR count). The Morgan fingerprint density at radius 1 is 1.55 bits per heavy atom. The zero-order chi connectivity index (χ0) is 8.10. The molecule has 0 aromatic heterocycles. The topological polar surface area (TPSA) is 26.0 Å². The molecule has 0 saturated heterocycles. The quantitative estimate of drug-likeness (QED) is 0.471. The van der Waals surface area contributed by atoms with Gasteiger partial charge in [-0.25, -0.2) is 0 Å². The molecule has 0 radical (unpaired) electrons. The normalized spacial score (nSPS) is 19.3. The van der Waals surface area contributed by atoms with E-state index in [1.54, 1.807) is 0 Å². The lowest BCUT2D eigenvalue weighted by atomic mass is 10.1. The molecule has 1 aliphatic rings. The number of terminal acetylenes is 1. The van der Waals surface area contributed by atoms with Crippen molar-refractivity contribution in [3.8, 4) is 12.3 Å². The van der Waals surface area contributed by atoms with E-state index in [2.05, 4.69) is 5.92 Å². The van der Waals surface area contributed by atoms with E-state index in [0.717, 1.165) is 25.2 Å². The average molecular weight is 151 g/mol. The van der Waals surface area contributed by atoms with E-state index < -0.39 is 0 Å². The summed E-state index contributed by atoms with van der Waals surface area (Å²) in [5.74, 6) is 3.59. The Morgan fingerprint density at radius 3 is 2.82 bits per heavy atom. The van der Waals surface area contributed by atoms with Gasteiger partial charge >= 0.3 is 0 Å². The molecule has 1 nitrogen and oxygen atoms in total. The van der Waals surface area contributed by atoms with E-state index in [4.69, 9.17) is 12.2 Å². The highest BCUT2D eigenvalue weighted by molar-refractivity contribution is 4.84. The van der Waals surface area contributed by atoms with E-state index in [9.17, 15) is 0 Å². The van der Waals surface area contributed by atoms with E-state index in [-0.39, 0.29) is 0 Å². The van der Waals surface area contributed by atoms with Crippen LogP contribution in [0.25, 0.3) is 0 Å². The van der Waals surface area contributed by atoms with Crippen LogP contribution in [0.4, 0.5) is 0 Å². The van der Waals surface area contributed by atoms with Crippen LogP contribution < -0.4 is 5.73 Å². The Bertz CT molecular complexity index is 141. The van der Waals surface area contributed by atoms with Gasteiger partial charge in [-0.05, 0) is 25.2 Å². The molecular formula is C10H17N. The van der Waals surface area contributed by atoms with Crippen LogP contribution >= 0.6 is 0 Å². The number of nitrogens with two attached hydrogens (primary N) is 1. The summed E-state index contributed by atoms with van der Waals surface area (Å²) in [5.41, 5.74) is 5.89. The Balaban J connectivity index is 1.92. The lowest BCUT2D eigenvalue weighted by Gasteiger charge is -2.08. The molecule has 1 fully saturated rings. The predicted molar refractivity (Wildman–Crippen MR) is 48.0 cm³/mol. The van der Waals surface area contributed by atoms with Gasteiger partial charge in [0.15, 0.2) is 0 Å². The molecule has 0 spiro atoms. The molecule has 1 heteroatoms. The Labute approximate surface area is 69.4 Å². The molecule has 2 N–H and O–H groups in total. The van der Waals surface area contributed by atoms with Crippen molar-refractivity contribution < 1.29 is 0 Å². The maximum absolute atomic E-state index is 5.89. The minimum Gasteiger partial charge on any atom is -0.328 e. The summed E-state index contributed by atoms with van der Waals surface area (Å²) in [6, 6.07) is 0.413. The smallest absolute Gasteiger partial charge is 0.00866 e. The third-order valence-corrected chi connectivity index (χ3v) is 2.23. The number of rotatable bonds is 5. The average Bonchev–Trinajstić information content (AvgIpc) is 2.72. The summed E-state index contributed by atoms with van der Waals surface area (Å²) >= 11 is 0. The van der Waals surface area contributed by atoms with E-state index in [1.807, 2.05) is 0 Å². The molecule has 0 aromatic carbocycles. The fourth-order valence-electron chi connectivity index (χ4n) is 1.37. The van der Waals surface area contributed by atoms with Crippen LogP contribution in [-0.2, 0) is 0 Å². The van der Waals surface area contributed by atoms with Crippen molar-refractivity contribution in [2.75, 3.05) is 0 Å². The monoisotopic (exact) mass is 151 g/mol. The highest BCUT2D eigenvalue weighted by Crippen LogP contribution is 2.33. The van der Waals surface area contributed by atoms with Crippen molar-refractivity contribution in [3.63, 3.8) is 0 Å². The van der Waals surface area contributed by atoms with Crippen LogP contribution in [0.5, 0.6) is 0 Å². The standard InChI is InChI=1S/C10H17N/c1-2-3-4-5-10(11)8-9-6-7-9/h1,9-10H,3-8,11H2. The van der Waals surface area contributed by atoms with Gasteiger partial charge in [-0.2, -0.15) is 0 Å². The zero-order valence-corrected chi connectivity index (χ0v) is 7.05. The van der Waals surface area contributed by atoms with Gasteiger partial charge in [-0.3, -0.25) is 0 Å². The predicted octanol–water partition coefficient (Wildman–Crippen LogP) is 1.92. The molecule has 1 aliphatic carbocycles. The largest absolute Gasteiger partial charge is 0.328 e. The second-order valence-corrected chi connectivity index (χ2v) is 3.54. The van der Waals surface area contributed by atoms with Gasteiger partial charge in [0.05, 0.1) is 0 Å². The van der Waals surface area contributed by atoms with Crippen molar-refractivity contribution in [2.24, 2.45) is 11.7 Å². The van der Waals surface area contributed by atoms with E-state index in [1.165, 1.54) is 19.3 Å². The van der Waals surface area contributed by atoms with Gasteiger partial charge in [0, 0.05) is 12.5 Å². The highest BCUT2D eigenvalue weighted by Gasteiger charge is 2.23. The van der Waals surface area contributed by atoms with E-state index >= 15 is 0 Å². The van der Waals surface area contributed by atoms with Gasteiger partial charge in [0.25, 0.3) is 0 Å². The summed E-state index contributed by atoms with van der Waals surface area (Å²) in [6.45, 7) is 0. The lowest BCUT2D eigenvalue weighted by molar-refractivity contribution is 0.520. The molecule has 0 aliphatic heterocycles. The third kappa shape index (κ3) is 4.06. The molecule has 0 heterocycles. The van der Waals surface area contributed by atoms with Crippen molar-refractivity contribution in [3.05, 3.63) is 0 Å². The fourth-order valence-corrected chi connectivity index (χ4v) is 1.37. The van der Waals surface area contributed by atoms with Gasteiger partial charge in [-0.15, -0.1) is 12.3 Å². The van der Waals surface area contributed by atoms with Crippen molar-refractivity contribution in [1.29, 1.82) is 0 Å². The molecule has 1 saturated carbocycles. The van der Waals surface area contributed by atoms with Crippen LogP contribution in [0.2, 0.25) is 0 Å². The fraction of sp³-hybridized carbons (Fsp3) is 0.800. The number of hydrogen-bond acceptors (Lipinski definition) is 1. The summed E-state index contributed by atoms with van der Waals surface area (Å²) in [7, 11) is 0. The van der Waals surface area contributed by atoms with Gasteiger partial charge in [0.2, 0.25) is 0 Å². The SMILES string of the molecule is C#CCCCC(N)CC1CC1. The Hall–Kier alpha value is -0.480. The molecule has 1 atom stereocenters. The first-order valence-electron chi connectivity index (χ1n) is 4.52. The summed E-state index contributed by atoms with van der Waals surface area (Å²) in [4.78, 5) is 0. The van der Waals surface area contributed by atoms with Gasteiger partial charge < -0.3 is 5.73 Å². The molecule has 11 heavy (non-hydrogen) atoms. The minimum atomic E-state index is 0.413. The van der Waals surface area contributed by atoms with Crippen molar-refractivity contribution in [2.45, 2.75) is 44.6 Å². The Morgan fingerprint density at radius 2 is 2.27 bits per heavy atom. The summed E-state index contributed by atoms with van der Waals surface area (Å²) in [6.07, 6.45) is 12.3. The maximum Gasteiger partial charge on any atom is 0.00866 e.